The molecular weight excluding hydrogens is 382 g/mol. The van der Waals surface area contributed by atoms with Crippen molar-refractivity contribution >= 4 is 34.2 Å². The van der Waals surface area contributed by atoms with Crippen molar-refractivity contribution in [2.24, 2.45) is 11.7 Å². The van der Waals surface area contributed by atoms with Crippen molar-refractivity contribution in [3.05, 3.63) is 33.1 Å². The van der Waals surface area contributed by atoms with Gasteiger partial charge in [0.05, 0.1) is 15.9 Å². The molecule has 2 aliphatic rings. The molecule has 8 heteroatoms. The van der Waals surface area contributed by atoms with Gasteiger partial charge in [-0.2, -0.15) is 0 Å². The van der Waals surface area contributed by atoms with E-state index in [-0.39, 0.29) is 39.2 Å². The lowest BCUT2D eigenvalue weighted by atomic mass is 9.88. The lowest BCUT2D eigenvalue weighted by Gasteiger charge is -2.28. The van der Waals surface area contributed by atoms with E-state index in [0.29, 0.717) is 24.3 Å². The molecule has 4 N–H and O–H groups in total. The molecule has 0 radical (unpaired) electrons. The van der Waals surface area contributed by atoms with Gasteiger partial charge in [-0.1, -0.05) is 11.6 Å². The van der Waals surface area contributed by atoms with Gasteiger partial charge in [0.15, 0.2) is 0 Å². The van der Waals surface area contributed by atoms with Crippen LogP contribution in [-0.4, -0.2) is 39.4 Å². The lowest BCUT2D eigenvalue weighted by Crippen LogP contribution is -2.42. The van der Waals surface area contributed by atoms with Crippen LogP contribution in [0.3, 0.4) is 0 Å². The quantitative estimate of drug-likeness (QED) is 0.721. The third kappa shape index (κ3) is 3.02. The number of aromatic nitrogens is 1. The average molecular weight is 406 g/mol. The minimum absolute atomic E-state index is 0.116. The van der Waals surface area contributed by atoms with Gasteiger partial charge in [0.2, 0.25) is 5.43 Å². The SMILES string of the molecule is CC(C)(N)C1CCN(c2c(O)cc3c(=O)c(C(=O)O)cn(C4CC4)c3c2Cl)C1. The van der Waals surface area contributed by atoms with Crippen LogP contribution in [0.4, 0.5) is 5.69 Å². The summed E-state index contributed by atoms with van der Waals surface area (Å²) in [6.45, 7) is 5.33. The first kappa shape index (κ1) is 19.1. The van der Waals surface area contributed by atoms with Crippen LogP contribution in [0.25, 0.3) is 10.9 Å². The molecule has 28 heavy (non-hydrogen) atoms. The monoisotopic (exact) mass is 405 g/mol. The molecule has 1 aromatic carbocycles. The Hall–Kier alpha value is -2.25. The fourth-order valence-electron chi connectivity index (χ4n) is 4.11. The summed E-state index contributed by atoms with van der Waals surface area (Å²) in [6, 6.07) is 1.47. The second-order valence-electron chi connectivity index (χ2n) is 8.52. The van der Waals surface area contributed by atoms with Gasteiger partial charge in [0, 0.05) is 30.9 Å². The first-order valence-corrected chi connectivity index (χ1v) is 9.84. The summed E-state index contributed by atoms with van der Waals surface area (Å²) < 4.78 is 1.78. The molecule has 0 amide bonds. The first-order chi connectivity index (χ1) is 13.1. The van der Waals surface area contributed by atoms with E-state index in [2.05, 4.69) is 0 Å². The maximum absolute atomic E-state index is 12.7. The molecule has 4 rings (SSSR count). The molecular formula is C20H24ClN3O4. The average Bonchev–Trinajstić information content (AvgIpc) is 3.31. The van der Waals surface area contributed by atoms with Gasteiger partial charge in [0.25, 0.3) is 0 Å². The van der Waals surface area contributed by atoms with Crippen LogP contribution in [0.1, 0.15) is 49.5 Å². The number of hydrogen-bond acceptors (Lipinski definition) is 5. The highest BCUT2D eigenvalue weighted by molar-refractivity contribution is 6.38. The zero-order chi connectivity index (χ0) is 20.4. The fourth-order valence-corrected chi connectivity index (χ4v) is 4.53. The van der Waals surface area contributed by atoms with Gasteiger partial charge in [-0.05, 0) is 45.1 Å². The predicted octanol–water partition coefficient (Wildman–Crippen LogP) is 2.96. The number of pyridine rings is 1. The standard InChI is InChI=1S/C20H24ClN3O4/c1-20(2,22)10-5-6-23(8-10)17-14(25)7-12-16(15(17)21)24(11-3-4-11)9-13(18(12)26)19(27)28/h7,9-11,25H,3-6,8,22H2,1-2H3,(H,27,28). The number of nitrogens with zero attached hydrogens (tertiary/aromatic N) is 2. The second kappa shape index (κ2) is 6.39. The van der Waals surface area contributed by atoms with Crippen molar-refractivity contribution in [2.45, 2.75) is 44.7 Å². The lowest BCUT2D eigenvalue weighted by molar-refractivity contribution is 0.0695. The van der Waals surface area contributed by atoms with E-state index in [1.165, 1.54) is 12.3 Å². The molecule has 0 bridgehead atoms. The van der Waals surface area contributed by atoms with E-state index < -0.39 is 11.4 Å². The van der Waals surface area contributed by atoms with Crippen molar-refractivity contribution in [2.75, 3.05) is 18.0 Å². The molecule has 1 unspecified atom stereocenters. The predicted molar refractivity (Wildman–Crippen MR) is 109 cm³/mol. The molecule has 2 heterocycles. The topological polar surface area (TPSA) is 109 Å². The molecule has 2 fully saturated rings. The summed E-state index contributed by atoms with van der Waals surface area (Å²) >= 11 is 6.73. The van der Waals surface area contributed by atoms with Crippen molar-refractivity contribution in [1.82, 2.24) is 4.57 Å². The number of benzene rings is 1. The molecule has 1 aliphatic heterocycles. The summed E-state index contributed by atoms with van der Waals surface area (Å²) in [4.78, 5) is 26.2. The Morgan fingerprint density at radius 3 is 2.54 bits per heavy atom. The number of hydrogen-bond donors (Lipinski definition) is 3. The Morgan fingerprint density at radius 2 is 2.00 bits per heavy atom. The molecule has 0 spiro atoms. The molecule has 1 aromatic heterocycles. The zero-order valence-electron chi connectivity index (χ0n) is 15.9. The summed E-state index contributed by atoms with van der Waals surface area (Å²) in [5.74, 6) is -1.15. The molecule has 1 aliphatic carbocycles. The van der Waals surface area contributed by atoms with Crippen LogP contribution in [0.2, 0.25) is 5.02 Å². The third-order valence-corrected chi connectivity index (χ3v) is 6.30. The highest BCUT2D eigenvalue weighted by Gasteiger charge is 2.35. The van der Waals surface area contributed by atoms with Crippen molar-refractivity contribution in [1.29, 1.82) is 0 Å². The van der Waals surface area contributed by atoms with E-state index in [4.69, 9.17) is 17.3 Å². The van der Waals surface area contributed by atoms with E-state index >= 15 is 0 Å². The number of fused-ring (bicyclic) bond motifs is 1. The fraction of sp³-hybridized carbons (Fsp3) is 0.500. The van der Waals surface area contributed by atoms with Crippen LogP contribution in [0, 0.1) is 5.92 Å². The van der Waals surface area contributed by atoms with Gasteiger partial charge in [-0.3, -0.25) is 4.79 Å². The molecule has 1 saturated heterocycles. The van der Waals surface area contributed by atoms with Crippen LogP contribution < -0.4 is 16.1 Å². The largest absolute Gasteiger partial charge is 0.506 e. The maximum atomic E-state index is 12.7. The number of phenols is 1. The van der Waals surface area contributed by atoms with E-state index in [1.807, 2.05) is 18.7 Å². The number of aromatic hydroxyl groups is 1. The normalized spacial score (nSPS) is 20.1. The molecule has 150 valence electrons. The Kier molecular flexibility index (Phi) is 4.35. The summed E-state index contributed by atoms with van der Waals surface area (Å²) in [7, 11) is 0. The Morgan fingerprint density at radius 1 is 1.32 bits per heavy atom. The number of rotatable bonds is 4. The zero-order valence-corrected chi connectivity index (χ0v) is 16.7. The number of carboxylic acids is 1. The Balaban J connectivity index is 1.91. The highest BCUT2D eigenvalue weighted by atomic mass is 35.5. The molecule has 2 aromatic rings. The van der Waals surface area contributed by atoms with Gasteiger partial charge in [-0.15, -0.1) is 0 Å². The number of carboxylic acid groups (broad SMARTS) is 1. The number of anilines is 1. The molecule has 7 nitrogen and oxygen atoms in total. The number of phenolic OH excluding ortho intramolecular Hbond substituents is 1. The first-order valence-electron chi connectivity index (χ1n) is 9.47. The summed E-state index contributed by atoms with van der Waals surface area (Å²) in [5.41, 5.74) is 5.94. The van der Waals surface area contributed by atoms with Crippen LogP contribution in [0.5, 0.6) is 5.75 Å². The molecule has 1 saturated carbocycles. The minimum atomic E-state index is -1.28. The smallest absolute Gasteiger partial charge is 0.341 e. The van der Waals surface area contributed by atoms with Gasteiger partial charge in [-0.25, -0.2) is 4.79 Å². The molecule has 1 atom stereocenters. The number of halogens is 1. The van der Waals surface area contributed by atoms with E-state index in [0.717, 1.165) is 19.3 Å². The van der Waals surface area contributed by atoms with Crippen molar-refractivity contribution in [3.63, 3.8) is 0 Å². The maximum Gasteiger partial charge on any atom is 0.341 e. The van der Waals surface area contributed by atoms with Crippen LogP contribution in [-0.2, 0) is 0 Å². The number of carbonyl (C=O) groups is 1. The Labute approximate surface area is 167 Å². The van der Waals surface area contributed by atoms with E-state index in [1.54, 1.807) is 4.57 Å². The van der Waals surface area contributed by atoms with Gasteiger partial charge >= 0.3 is 5.97 Å². The second-order valence-corrected chi connectivity index (χ2v) is 8.90. The van der Waals surface area contributed by atoms with Gasteiger partial charge in [0.1, 0.15) is 17.0 Å². The van der Waals surface area contributed by atoms with Gasteiger partial charge < -0.3 is 25.4 Å². The third-order valence-electron chi connectivity index (χ3n) is 5.94. The van der Waals surface area contributed by atoms with Crippen molar-refractivity contribution < 1.29 is 15.0 Å². The van der Waals surface area contributed by atoms with Crippen molar-refractivity contribution in [3.8, 4) is 5.75 Å². The summed E-state index contributed by atoms with van der Waals surface area (Å²) in [5, 5.41) is 20.5. The van der Waals surface area contributed by atoms with E-state index in [9.17, 15) is 19.8 Å². The highest BCUT2D eigenvalue weighted by Crippen LogP contribution is 2.46. The number of aromatic carboxylic acids is 1. The number of nitrogens with two attached hydrogens (primary N) is 1. The Bertz CT molecular complexity index is 1040. The van der Waals surface area contributed by atoms with Crippen LogP contribution >= 0.6 is 11.6 Å². The minimum Gasteiger partial charge on any atom is -0.506 e. The van der Waals surface area contributed by atoms with Crippen LogP contribution in [0.15, 0.2) is 17.1 Å². The summed E-state index contributed by atoms with van der Waals surface area (Å²) in [6.07, 6.45) is 4.06.